The number of nitrogens with two attached hydrogens (primary N) is 1. The maximum Gasteiger partial charge on any atom is 0.0182 e. The van der Waals surface area contributed by atoms with Gasteiger partial charge in [0.1, 0.15) is 0 Å². The Balaban J connectivity index is 4.87. The molecule has 0 bridgehead atoms. The Labute approximate surface area is 110 Å². The summed E-state index contributed by atoms with van der Waals surface area (Å²) in [7, 11) is 0. The van der Waals surface area contributed by atoms with Crippen LogP contribution in [0.15, 0.2) is 0 Å². The van der Waals surface area contributed by atoms with Gasteiger partial charge in [-0.05, 0) is 42.4 Å². The molecule has 0 aliphatic heterocycles. The Morgan fingerprint density at radius 1 is 0.647 bits per heavy atom. The maximum absolute atomic E-state index is 6.68. The van der Waals surface area contributed by atoms with Crippen LogP contribution in [0.25, 0.3) is 0 Å². The van der Waals surface area contributed by atoms with Gasteiger partial charge in [-0.2, -0.15) is 0 Å². The van der Waals surface area contributed by atoms with E-state index in [1.165, 1.54) is 0 Å². The predicted molar refractivity (Wildman–Crippen MR) is 78.9 cm³/mol. The summed E-state index contributed by atoms with van der Waals surface area (Å²) in [5.41, 5.74) is 6.61. The summed E-state index contributed by atoms with van der Waals surface area (Å²) in [4.78, 5) is 0. The molecule has 0 heterocycles. The highest BCUT2D eigenvalue weighted by molar-refractivity contribution is 4.94. The summed E-state index contributed by atoms with van der Waals surface area (Å²) in [5.74, 6) is 3.86. The van der Waals surface area contributed by atoms with Crippen molar-refractivity contribution in [2.24, 2.45) is 41.2 Å². The molecule has 1 nitrogen and oxygen atoms in total. The second kappa shape index (κ2) is 6.22. The van der Waals surface area contributed by atoms with Gasteiger partial charge < -0.3 is 5.73 Å². The Morgan fingerprint density at radius 2 is 0.882 bits per heavy atom. The van der Waals surface area contributed by atoms with Gasteiger partial charge in [0, 0.05) is 5.54 Å². The van der Waals surface area contributed by atoms with Crippen LogP contribution in [0.1, 0.15) is 62.3 Å². The molecule has 0 aromatic rings. The highest BCUT2D eigenvalue weighted by Gasteiger charge is 2.39. The molecule has 0 amide bonds. The Kier molecular flexibility index (Phi) is 6.21. The topological polar surface area (TPSA) is 26.0 Å². The summed E-state index contributed by atoms with van der Waals surface area (Å²) >= 11 is 0. The zero-order chi connectivity index (χ0) is 14.0. The molecule has 104 valence electrons. The van der Waals surface area contributed by atoms with Gasteiger partial charge in [0.15, 0.2) is 0 Å². The van der Waals surface area contributed by atoms with E-state index in [9.17, 15) is 0 Å². The summed E-state index contributed by atoms with van der Waals surface area (Å²) in [6.07, 6.45) is 0. The second-order valence-electron chi connectivity index (χ2n) is 7.15. The largest absolute Gasteiger partial charge is 0.325 e. The molecular formula is C16H35N. The van der Waals surface area contributed by atoms with Crippen LogP contribution in [-0.2, 0) is 0 Å². The molecule has 0 aliphatic rings. The van der Waals surface area contributed by atoms with Crippen molar-refractivity contribution in [3.8, 4) is 0 Å². The van der Waals surface area contributed by atoms with E-state index in [1.807, 2.05) is 0 Å². The molecule has 0 aromatic carbocycles. The summed E-state index contributed by atoms with van der Waals surface area (Å²) in [6.45, 7) is 20.8. The number of hydrogen-bond acceptors (Lipinski definition) is 1. The van der Waals surface area contributed by atoms with Crippen LogP contribution in [0.5, 0.6) is 0 Å². The minimum absolute atomic E-state index is 0.0760. The van der Waals surface area contributed by atoms with Crippen LogP contribution in [0.2, 0.25) is 0 Å². The van der Waals surface area contributed by atoms with Gasteiger partial charge in [0.2, 0.25) is 0 Å². The second-order valence-corrected chi connectivity index (χ2v) is 7.15. The van der Waals surface area contributed by atoms with Gasteiger partial charge in [0.25, 0.3) is 0 Å². The smallest absolute Gasteiger partial charge is 0.0182 e. The van der Waals surface area contributed by atoms with Gasteiger partial charge >= 0.3 is 0 Å². The number of hydrogen-bond donors (Lipinski definition) is 1. The molecule has 0 spiro atoms. The Hall–Kier alpha value is -0.0400. The summed E-state index contributed by atoms with van der Waals surface area (Å²) in [6, 6.07) is 0. The van der Waals surface area contributed by atoms with Gasteiger partial charge in [-0.25, -0.2) is 0 Å². The van der Waals surface area contributed by atoms with Crippen molar-refractivity contribution >= 4 is 0 Å². The third-order valence-electron chi connectivity index (χ3n) is 5.64. The maximum atomic E-state index is 6.68. The average molecular weight is 241 g/mol. The Morgan fingerprint density at radius 3 is 1.06 bits per heavy atom. The molecule has 0 rings (SSSR count). The van der Waals surface area contributed by atoms with Crippen LogP contribution in [-0.4, -0.2) is 5.54 Å². The zero-order valence-electron chi connectivity index (χ0n) is 13.5. The van der Waals surface area contributed by atoms with Crippen molar-refractivity contribution in [2.75, 3.05) is 0 Å². The molecular weight excluding hydrogens is 206 g/mol. The van der Waals surface area contributed by atoms with E-state index in [2.05, 4.69) is 62.3 Å². The predicted octanol–water partition coefficient (Wildman–Crippen LogP) is 4.56. The molecule has 4 atom stereocenters. The van der Waals surface area contributed by atoms with Gasteiger partial charge in [-0.1, -0.05) is 55.4 Å². The van der Waals surface area contributed by atoms with Gasteiger partial charge in [-0.15, -0.1) is 0 Å². The zero-order valence-corrected chi connectivity index (χ0v) is 13.5. The molecule has 0 saturated heterocycles. The van der Waals surface area contributed by atoms with E-state index in [4.69, 9.17) is 5.73 Å². The first-order valence-electron chi connectivity index (χ1n) is 7.32. The van der Waals surface area contributed by atoms with Gasteiger partial charge in [-0.3, -0.25) is 0 Å². The first-order chi connectivity index (χ1) is 7.53. The van der Waals surface area contributed by atoms with Crippen LogP contribution in [0.4, 0.5) is 0 Å². The molecule has 0 fully saturated rings. The van der Waals surface area contributed by atoms with E-state index in [1.54, 1.807) is 0 Å². The monoisotopic (exact) mass is 241 g/mol. The lowest BCUT2D eigenvalue weighted by molar-refractivity contribution is 0.0938. The fourth-order valence-electron chi connectivity index (χ4n) is 2.70. The van der Waals surface area contributed by atoms with Crippen LogP contribution < -0.4 is 5.73 Å². The van der Waals surface area contributed by atoms with Crippen molar-refractivity contribution in [3.05, 3.63) is 0 Å². The highest BCUT2D eigenvalue weighted by atomic mass is 14.8. The normalized spacial score (nSPS) is 23.3. The van der Waals surface area contributed by atoms with Crippen molar-refractivity contribution in [3.63, 3.8) is 0 Å². The molecule has 4 unspecified atom stereocenters. The van der Waals surface area contributed by atoms with Crippen molar-refractivity contribution in [1.29, 1.82) is 0 Å². The first kappa shape index (κ1) is 17.0. The lowest BCUT2D eigenvalue weighted by Gasteiger charge is -2.45. The van der Waals surface area contributed by atoms with E-state index in [0.717, 1.165) is 0 Å². The average Bonchev–Trinajstić information content (AvgIpc) is 2.24. The molecule has 2 N–H and O–H groups in total. The van der Waals surface area contributed by atoms with E-state index in [-0.39, 0.29) is 5.54 Å². The van der Waals surface area contributed by atoms with Crippen LogP contribution in [0, 0.1) is 35.5 Å². The summed E-state index contributed by atoms with van der Waals surface area (Å²) in [5, 5.41) is 0. The minimum Gasteiger partial charge on any atom is -0.325 e. The van der Waals surface area contributed by atoms with Crippen molar-refractivity contribution < 1.29 is 0 Å². The molecule has 0 aromatic heterocycles. The lowest BCUT2D eigenvalue weighted by Crippen LogP contribution is -2.53. The fourth-order valence-corrected chi connectivity index (χ4v) is 2.70. The minimum atomic E-state index is -0.0760. The van der Waals surface area contributed by atoms with Crippen LogP contribution in [0.3, 0.4) is 0 Å². The fraction of sp³-hybridized carbons (Fsp3) is 1.00. The molecule has 0 saturated carbocycles. The van der Waals surface area contributed by atoms with Crippen molar-refractivity contribution in [1.82, 2.24) is 0 Å². The van der Waals surface area contributed by atoms with E-state index >= 15 is 0 Å². The third kappa shape index (κ3) is 3.98. The lowest BCUT2D eigenvalue weighted by atomic mass is 9.65. The molecule has 1 heteroatoms. The van der Waals surface area contributed by atoms with E-state index in [0.29, 0.717) is 35.5 Å². The quantitative estimate of drug-likeness (QED) is 0.725. The van der Waals surface area contributed by atoms with E-state index < -0.39 is 0 Å². The van der Waals surface area contributed by atoms with Crippen LogP contribution >= 0.6 is 0 Å². The SMILES string of the molecule is CC(C)C(C)C(C)C(C)(N)C(C)C(C)C(C)C. The first-order valence-corrected chi connectivity index (χ1v) is 7.32. The molecule has 17 heavy (non-hydrogen) atoms. The summed E-state index contributed by atoms with van der Waals surface area (Å²) < 4.78 is 0. The highest BCUT2D eigenvalue weighted by Crippen LogP contribution is 2.37. The van der Waals surface area contributed by atoms with Crippen molar-refractivity contribution in [2.45, 2.75) is 67.9 Å². The number of rotatable bonds is 6. The standard InChI is InChI=1S/C16H35N/c1-10(2)12(5)14(7)16(9,17)15(8)13(6)11(3)4/h10-15H,17H2,1-9H3. The molecule has 0 radical (unpaired) electrons. The third-order valence-corrected chi connectivity index (χ3v) is 5.64. The molecule has 0 aliphatic carbocycles. The van der Waals surface area contributed by atoms with Gasteiger partial charge in [0.05, 0.1) is 0 Å². The Bertz CT molecular complexity index is 196.